The fourth-order valence-electron chi connectivity index (χ4n) is 2.53. The molecule has 0 saturated heterocycles. The molecule has 0 atom stereocenters. The maximum absolute atomic E-state index is 5.75. The van der Waals surface area contributed by atoms with Crippen LogP contribution in [0.25, 0.3) is 0 Å². The van der Waals surface area contributed by atoms with E-state index < -0.39 is 0 Å². The Balaban J connectivity index is 2.17. The van der Waals surface area contributed by atoms with Crippen molar-refractivity contribution in [3.8, 4) is 0 Å². The van der Waals surface area contributed by atoms with Crippen LogP contribution in [-0.2, 0) is 10.3 Å². The quantitative estimate of drug-likeness (QED) is 0.835. The van der Waals surface area contributed by atoms with Crippen LogP contribution in [0.5, 0.6) is 0 Å². The van der Waals surface area contributed by atoms with Gasteiger partial charge in [-0.3, -0.25) is 0 Å². The molecule has 5 heteroatoms. The van der Waals surface area contributed by atoms with Gasteiger partial charge in [-0.2, -0.15) is 4.98 Å². The molecular weight excluding hydrogens is 230 g/mol. The van der Waals surface area contributed by atoms with Crippen LogP contribution in [0.4, 0.5) is 6.01 Å². The molecule has 18 heavy (non-hydrogen) atoms. The summed E-state index contributed by atoms with van der Waals surface area (Å²) in [5.74, 6) is 0.690. The Morgan fingerprint density at radius 3 is 2.44 bits per heavy atom. The summed E-state index contributed by atoms with van der Waals surface area (Å²) in [5.41, 5.74) is -0.350. The minimum Gasteiger partial charge on any atom is -0.370 e. The molecule has 0 aromatic carbocycles. The summed E-state index contributed by atoms with van der Waals surface area (Å²) < 4.78 is 11.0. The van der Waals surface area contributed by atoms with Crippen molar-refractivity contribution in [1.82, 2.24) is 10.1 Å². The summed E-state index contributed by atoms with van der Waals surface area (Å²) in [4.78, 5) is 4.44. The Morgan fingerprint density at radius 2 is 1.89 bits per heavy atom. The molecule has 1 aliphatic carbocycles. The number of ether oxygens (including phenoxy) is 1. The average molecular weight is 253 g/mol. The van der Waals surface area contributed by atoms with Gasteiger partial charge >= 0.3 is 6.01 Å². The van der Waals surface area contributed by atoms with Crippen molar-refractivity contribution in [2.45, 2.75) is 64.0 Å². The molecule has 0 radical (unpaired) electrons. The van der Waals surface area contributed by atoms with Crippen LogP contribution in [0.1, 0.15) is 58.2 Å². The average Bonchev–Trinajstić information content (AvgIpc) is 2.66. The van der Waals surface area contributed by atoms with E-state index in [1.54, 1.807) is 7.11 Å². The van der Waals surface area contributed by atoms with Crippen molar-refractivity contribution < 1.29 is 9.26 Å². The van der Waals surface area contributed by atoms with Crippen LogP contribution < -0.4 is 5.32 Å². The van der Waals surface area contributed by atoms with E-state index in [4.69, 9.17) is 9.26 Å². The maximum Gasteiger partial charge on any atom is 0.321 e. The van der Waals surface area contributed by atoms with E-state index in [9.17, 15) is 0 Å². The molecule has 0 amide bonds. The number of anilines is 1. The lowest BCUT2D eigenvalue weighted by atomic mass is 9.93. The van der Waals surface area contributed by atoms with Gasteiger partial charge in [-0.15, -0.1) is 0 Å². The minimum absolute atomic E-state index is 0.283. The highest BCUT2D eigenvalue weighted by atomic mass is 16.5. The van der Waals surface area contributed by atoms with Gasteiger partial charge < -0.3 is 14.6 Å². The first-order chi connectivity index (χ1) is 8.66. The van der Waals surface area contributed by atoms with Crippen LogP contribution in [0.15, 0.2) is 4.52 Å². The van der Waals surface area contributed by atoms with E-state index >= 15 is 0 Å². The molecule has 1 heterocycles. The number of nitrogens with one attached hydrogen (secondary N) is 1. The predicted molar refractivity (Wildman–Crippen MR) is 69.4 cm³/mol. The van der Waals surface area contributed by atoms with Gasteiger partial charge in [-0.1, -0.05) is 30.8 Å². The van der Waals surface area contributed by atoms with E-state index in [-0.39, 0.29) is 11.6 Å². The van der Waals surface area contributed by atoms with Gasteiger partial charge in [0.15, 0.2) is 0 Å². The van der Waals surface area contributed by atoms with Crippen molar-refractivity contribution in [2.24, 2.45) is 0 Å². The van der Waals surface area contributed by atoms with E-state index in [0.717, 1.165) is 25.7 Å². The highest BCUT2D eigenvalue weighted by Gasteiger charge is 2.37. The minimum atomic E-state index is -0.350. The van der Waals surface area contributed by atoms with Crippen LogP contribution in [0, 0.1) is 0 Å². The first-order valence-corrected chi connectivity index (χ1v) is 6.82. The third-order valence-corrected chi connectivity index (χ3v) is 3.55. The molecule has 5 nitrogen and oxygen atoms in total. The highest BCUT2D eigenvalue weighted by molar-refractivity contribution is 5.21. The summed E-state index contributed by atoms with van der Waals surface area (Å²) >= 11 is 0. The van der Waals surface area contributed by atoms with E-state index in [2.05, 4.69) is 15.5 Å². The number of hydrogen-bond acceptors (Lipinski definition) is 5. The molecular formula is C13H23N3O2. The maximum atomic E-state index is 5.75. The zero-order chi connectivity index (χ0) is 13.0. The number of aromatic nitrogens is 2. The lowest BCUT2D eigenvalue weighted by Crippen LogP contribution is -2.29. The number of nitrogens with zero attached hydrogens (tertiary/aromatic N) is 2. The fraction of sp³-hybridized carbons (Fsp3) is 0.846. The van der Waals surface area contributed by atoms with E-state index in [1.165, 1.54) is 12.8 Å². The first kappa shape index (κ1) is 13.3. The van der Waals surface area contributed by atoms with Crippen molar-refractivity contribution in [2.75, 3.05) is 12.4 Å². The van der Waals surface area contributed by atoms with E-state index in [1.807, 2.05) is 13.8 Å². The standard InChI is InChI=1S/C13H23N3O2/c1-10(2)14-12-15-11(16-18-12)13(17-3)8-6-4-5-7-9-13/h10H,4-9H2,1-3H3,(H,14,15,16). The SMILES string of the molecule is COC1(c2noc(NC(C)C)n2)CCCCCC1. The molecule has 0 unspecified atom stereocenters. The number of hydrogen-bond donors (Lipinski definition) is 1. The van der Waals surface area contributed by atoms with Gasteiger partial charge in [0.05, 0.1) is 0 Å². The molecule has 1 aromatic heterocycles. The molecule has 0 bridgehead atoms. The van der Waals surface area contributed by atoms with Crippen molar-refractivity contribution in [1.29, 1.82) is 0 Å². The van der Waals surface area contributed by atoms with Crippen molar-refractivity contribution in [3.63, 3.8) is 0 Å². The normalized spacial score (nSPS) is 19.8. The molecule has 1 N–H and O–H groups in total. The summed E-state index contributed by atoms with van der Waals surface area (Å²) in [6.45, 7) is 4.09. The van der Waals surface area contributed by atoms with Crippen LogP contribution in [0.2, 0.25) is 0 Å². The number of rotatable bonds is 4. The second-order valence-electron chi connectivity index (χ2n) is 5.33. The third kappa shape index (κ3) is 2.83. The number of methoxy groups -OCH3 is 1. The Morgan fingerprint density at radius 1 is 1.22 bits per heavy atom. The van der Waals surface area contributed by atoms with Gasteiger partial charge in [-0.05, 0) is 26.7 Å². The fourth-order valence-corrected chi connectivity index (χ4v) is 2.53. The second-order valence-corrected chi connectivity index (χ2v) is 5.33. The van der Waals surface area contributed by atoms with Gasteiger partial charge in [0.25, 0.3) is 0 Å². The smallest absolute Gasteiger partial charge is 0.321 e. The Labute approximate surface area is 108 Å². The molecule has 102 valence electrons. The molecule has 0 spiro atoms. The third-order valence-electron chi connectivity index (χ3n) is 3.55. The van der Waals surface area contributed by atoms with Gasteiger partial charge in [0, 0.05) is 13.2 Å². The van der Waals surface area contributed by atoms with Crippen molar-refractivity contribution in [3.05, 3.63) is 5.82 Å². The predicted octanol–water partition coefficient (Wildman–Crippen LogP) is 3.09. The van der Waals surface area contributed by atoms with Gasteiger partial charge in [0.2, 0.25) is 5.82 Å². The largest absolute Gasteiger partial charge is 0.370 e. The molecule has 2 rings (SSSR count). The molecule has 1 aromatic rings. The Bertz CT molecular complexity index is 368. The van der Waals surface area contributed by atoms with Gasteiger partial charge in [-0.25, -0.2) is 0 Å². The summed E-state index contributed by atoms with van der Waals surface area (Å²) in [5, 5.41) is 7.23. The monoisotopic (exact) mass is 253 g/mol. The Kier molecular flexibility index (Phi) is 4.22. The Hall–Kier alpha value is -1.10. The summed E-state index contributed by atoms with van der Waals surface area (Å²) in [6, 6.07) is 0.770. The first-order valence-electron chi connectivity index (χ1n) is 6.82. The second kappa shape index (κ2) is 5.69. The lowest BCUT2D eigenvalue weighted by molar-refractivity contribution is -0.0365. The van der Waals surface area contributed by atoms with E-state index in [0.29, 0.717) is 11.8 Å². The van der Waals surface area contributed by atoms with Crippen LogP contribution in [0.3, 0.4) is 0 Å². The van der Waals surface area contributed by atoms with Crippen LogP contribution in [-0.4, -0.2) is 23.3 Å². The zero-order valence-corrected chi connectivity index (χ0v) is 11.5. The summed E-state index contributed by atoms with van der Waals surface area (Å²) in [7, 11) is 1.75. The highest BCUT2D eigenvalue weighted by Crippen LogP contribution is 2.37. The van der Waals surface area contributed by atoms with Crippen molar-refractivity contribution >= 4 is 6.01 Å². The molecule has 1 fully saturated rings. The zero-order valence-electron chi connectivity index (χ0n) is 11.5. The van der Waals surface area contributed by atoms with Gasteiger partial charge in [0.1, 0.15) is 5.60 Å². The molecule has 1 saturated carbocycles. The molecule has 1 aliphatic rings. The summed E-state index contributed by atoms with van der Waals surface area (Å²) in [6.07, 6.45) is 6.80. The lowest BCUT2D eigenvalue weighted by Gasteiger charge is -2.27. The molecule has 0 aliphatic heterocycles. The van der Waals surface area contributed by atoms with Crippen LogP contribution >= 0.6 is 0 Å². The topological polar surface area (TPSA) is 60.2 Å².